The molecule has 1 atom stereocenters. The van der Waals surface area contributed by atoms with Crippen LogP contribution < -0.4 is 5.32 Å². The van der Waals surface area contributed by atoms with Crippen molar-refractivity contribution in [3.63, 3.8) is 0 Å². The van der Waals surface area contributed by atoms with E-state index >= 15 is 0 Å². The number of aryl methyl sites for hydroxylation is 2. The molecule has 0 aliphatic carbocycles. The topological polar surface area (TPSA) is 15.3 Å². The Bertz CT molecular complexity index is 373. The van der Waals surface area contributed by atoms with Gasteiger partial charge in [-0.1, -0.05) is 18.2 Å². The summed E-state index contributed by atoms with van der Waals surface area (Å²) in [5.74, 6) is 0.839. The van der Waals surface area contributed by atoms with Crippen LogP contribution in [-0.4, -0.2) is 31.6 Å². The van der Waals surface area contributed by atoms with Crippen molar-refractivity contribution in [3.8, 4) is 0 Å². The van der Waals surface area contributed by atoms with Crippen molar-refractivity contribution in [2.45, 2.75) is 26.8 Å². The van der Waals surface area contributed by atoms with E-state index in [0.29, 0.717) is 0 Å². The molecule has 1 N–H and O–H groups in total. The van der Waals surface area contributed by atoms with Gasteiger partial charge in [-0.2, -0.15) is 0 Å². The Morgan fingerprint density at radius 3 is 2.82 bits per heavy atom. The van der Waals surface area contributed by atoms with Gasteiger partial charge < -0.3 is 5.32 Å². The zero-order valence-corrected chi connectivity index (χ0v) is 11.3. The first kappa shape index (κ1) is 12.6. The number of rotatable bonds is 4. The summed E-state index contributed by atoms with van der Waals surface area (Å²) in [6, 6.07) is 6.85. The summed E-state index contributed by atoms with van der Waals surface area (Å²) in [5.41, 5.74) is 4.26. The molecule has 1 fully saturated rings. The van der Waals surface area contributed by atoms with Gasteiger partial charge in [0.2, 0.25) is 0 Å². The van der Waals surface area contributed by atoms with E-state index in [9.17, 15) is 0 Å². The standard InChI is InChI=1S/C15H24N2/c1-12-4-5-14(8-13(12)2)10-17-7-6-15(11-17)9-16-3/h4-5,8,15-16H,6-7,9-11H2,1-3H3. The molecule has 1 aromatic carbocycles. The van der Waals surface area contributed by atoms with Crippen LogP contribution in [0.5, 0.6) is 0 Å². The van der Waals surface area contributed by atoms with Crippen molar-refractivity contribution in [3.05, 3.63) is 34.9 Å². The van der Waals surface area contributed by atoms with E-state index in [4.69, 9.17) is 0 Å². The number of hydrogen-bond donors (Lipinski definition) is 1. The molecule has 1 unspecified atom stereocenters. The lowest BCUT2D eigenvalue weighted by Gasteiger charge is -2.16. The minimum Gasteiger partial charge on any atom is -0.319 e. The van der Waals surface area contributed by atoms with Crippen LogP contribution in [0.15, 0.2) is 18.2 Å². The highest BCUT2D eigenvalue weighted by Crippen LogP contribution is 2.19. The normalized spacial score (nSPS) is 21.0. The Balaban J connectivity index is 1.91. The van der Waals surface area contributed by atoms with Gasteiger partial charge in [0.05, 0.1) is 0 Å². The molecule has 1 aliphatic rings. The number of likely N-dealkylation sites (tertiary alicyclic amines) is 1. The minimum absolute atomic E-state index is 0.839. The number of nitrogens with one attached hydrogen (secondary N) is 1. The van der Waals surface area contributed by atoms with Gasteiger partial charge in [0.15, 0.2) is 0 Å². The fourth-order valence-corrected chi connectivity index (χ4v) is 2.67. The second-order valence-electron chi connectivity index (χ2n) is 5.37. The highest BCUT2D eigenvalue weighted by atomic mass is 15.1. The first-order chi connectivity index (χ1) is 8.19. The third-order valence-corrected chi connectivity index (χ3v) is 3.84. The van der Waals surface area contributed by atoms with E-state index in [1.54, 1.807) is 0 Å². The predicted octanol–water partition coefficient (Wildman–Crippen LogP) is 2.34. The van der Waals surface area contributed by atoms with Gasteiger partial charge in [0.25, 0.3) is 0 Å². The summed E-state index contributed by atoms with van der Waals surface area (Å²) in [7, 11) is 2.05. The molecular formula is C15H24N2. The van der Waals surface area contributed by atoms with Gasteiger partial charge in [-0.25, -0.2) is 0 Å². The molecule has 1 aliphatic heterocycles. The predicted molar refractivity (Wildman–Crippen MR) is 73.2 cm³/mol. The third kappa shape index (κ3) is 3.30. The van der Waals surface area contributed by atoms with Gasteiger partial charge in [-0.15, -0.1) is 0 Å². The molecule has 0 radical (unpaired) electrons. The fourth-order valence-electron chi connectivity index (χ4n) is 2.67. The zero-order valence-electron chi connectivity index (χ0n) is 11.3. The van der Waals surface area contributed by atoms with Crippen LogP contribution in [0, 0.1) is 19.8 Å². The molecule has 1 saturated heterocycles. The summed E-state index contributed by atoms with van der Waals surface area (Å²) >= 11 is 0. The van der Waals surface area contributed by atoms with E-state index in [-0.39, 0.29) is 0 Å². The van der Waals surface area contributed by atoms with Crippen LogP contribution in [0.25, 0.3) is 0 Å². The average molecular weight is 232 g/mol. The van der Waals surface area contributed by atoms with Crippen molar-refractivity contribution in [2.24, 2.45) is 5.92 Å². The Morgan fingerprint density at radius 1 is 1.29 bits per heavy atom. The van der Waals surface area contributed by atoms with Crippen LogP contribution in [0.1, 0.15) is 23.1 Å². The van der Waals surface area contributed by atoms with Gasteiger partial charge in [0, 0.05) is 13.1 Å². The van der Waals surface area contributed by atoms with E-state index in [1.165, 1.54) is 36.2 Å². The molecular weight excluding hydrogens is 208 g/mol. The molecule has 94 valence electrons. The van der Waals surface area contributed by atoms with Crippen molar-refractivity contribution >= 4 is 0 Å². The fraction of sp³-hybridized carbons (Fsp3) is 0.600. The number of nitrogens with zero attached hydrogens (tertiary/aromatic N) is 1. The van der Waals surface area contributed by atoms with Gasteiger partial charge in [-0.3, -0.25) is 4.90 Å². The molecule has 2 nitrogen and oxygen atoms in total. The second-order valence-corrected chi connectivity index (χ2v) is 5.37. The minimum atomic E-state index is 0.839. The van der Waals surface area contributed by atoms with Crippen LogP contribution in [-0.2, 0) is 6.54 Å². The molecule has 2 rings (SSSR count). The largest absolute Gasteiger partial charge is 0.319 e. The van der Waals surface area contributed by atoms with Crippen LogP contribution >= 0.6 is 0 Å². The molecule has 0 aromatic heterocycles. The van der Waals surface area contributed by atoms with Crippen LogP contribution in [0.2, 0.25) is 0 Å². The maximum absolute atomic E-state index is 3.28. The highest BCUT2D eigenvalue weighted by molar-refractivity contribution is 5.29. The van der Waals surface area contributed by atoms with Crippen LogP contribution in [0.4, 0.5) is 0 Å². The lowest BCUT2D eigenvalue weighted by molar-refractivity contribution is 0.315. The molecule has 0 spiro atoms. The molecule has 1 aromatic rings. The number of hydrogen-bond acceptors (Lipinski definition) is 2. The maximum atomic E-state index is 3.28. The molecule has 1 heterocycles. The van der Waals surface area contributed by atoms with E-state index in [2.05, 4.69) is 42.3 Å². The van der Waals surface area contributed by atoms with Crippen molar-refractivity contribution in [1.29, 1.82) is 0 Å². The lowest BCUT2D eigenvalue weighted by atomic mass is 10.1. The molecule has 0 bridgehead atoms. The summed E-state index contributed by atoms with van der Waals surface area (Å²) in [6.07, 6.45) is 1.34. The van der Waals surface area contributed by atoms with E-state index in [1.807, 2.05) is 7.05 Å². The van der Waals surface area contributed by atoms with Gasteiger partial charge in [-0.05, 0) is 63.0 Å². The monoisotopic (exact) mass is 232 g/mol. The van der Waals surface area contributed by atoms with E-state index in [0.717, 1.165) is 19.0 Å². The van der Waals surface area contributed by atoms with Crippen LogP contribution in [0.3, 0.4) is 0 Å². The van der Waals surface area contributed by atoms with Crippen molar-refractivity contribution < 1.29 is 0 Å². The lowest BCUT2D eigenvalue weighted by Crippen LogP contribution is -2.24. The Kier molecular flexibility index (Phi) is 4.19. The smallest absolute Gasteiger partial charge is 0.0233 e. The van der Waals surface area contributed by atoms with Gasteiger partial charge >= 0.3 is 0 Å². The van der Waals surface area contributed by atoms with Crippen molar-refractivity contribution in [2.75, 3.05) is 26.7 Å². The summed E-state index contributed by atoms with van der Waals surface area (Å²) in [6.45, 7) is 9.14. The van der Waals surface area contributed by atoms with Gasteiger partial charge in [0.1, 0.15) is 0 Å². The Hall–Kier alpha value is -0.860. The van der Waals surface area contributed by atoms with E-state index < -0.39 is 0 Å². The molecule has 17 heavy (non-hydrogen) atoms. The summed E-state index contributed by atoms with van der Waals surface area (Å²) in [4.78, 5) is 2.58. The SMILES string of the molecule is CNCC1CCN(Cc2ccc(C)c(C)c2)C1. The third-order valence-electron chi connectivity index (χ3n) is 3.84. The first-order valence-corrected chi connectivity index (χ1v) is 6.62. The average Bonchev–Trinajstić information content (AvgIpc) is 2.72. The quantitative estimate of drug-likeness (QED) is 0.857. The number of benzene rings is 1. The molecule has 0 amide bonds. The molecule has 2 heteroatoms. The second kappa shape index (κ2) is 5.65. The highest BCUT2D eigenvalue weighted by Gasteiger charge is 2.21. The molecule has 0 saturated carbocycles. The maximum Gasteiger partial charge on any atom is 0.0233 e. The van der Waals surface area contributed by atoms with Crippen molar-refractivity contribution in [1.82, 2.24) is 10.2 Å². The first-order valence-electron chi connectivity index (χ1n) is 6.62. The summed E-state index contributed by atoms with van der Waals surface area (Å²) < 4.78 is 0. The zero-order chi connectivity index (χ0) is 12.3. The Morgan fingerprint density at radius 2 is 2.12 bits per heavy atom. The Labute approximate surface area is 105 Å². The summed E-state index contributed by atoms with van der Waals surface area (Å²) in [5, 5.41) is 3.28.